The molecule has 1 fully saturated rings. The van der Waals surface area contributed by atoms with Gasteiger partial charge in [0, 0.05) is 11.1 Å². The molecule has 0 radical (unpaired) electrons. The molecule has 1 aliphatic carbocycles. The Labute approximate surface area is 135 Å². The fraction of sp³-hybridized carbons (Fsp3) is 0.556. The summed E-state index contributed by atoms with van der Waals surface area (Å²) in [7, 11) is 1.34. The lowest BCUT2D eigenvalue weighted by atomic mass is 9.84. The van der Waals surface area contributed by atoms with Crippen LogP contribution in [0.15, 0.2) is 18.2 Å². The maximum atomic E-state index is 13.9. The molecule has 1 unspecified atom stereocenters. The van der Waals surface area contributed by atoms with Crippen LogP contribution in [-0.2, 0) is 16.1 Å². The average Bonchev–Trinajstić information content (AvgIpc) is 2.91. The number of hydrogen-bond donors (Lipinski definition) is 0. The maximum absolute atomic E-state index is 13.9. The number of ether oxygens (including phenoxy) is 1. The van der Waals surface area contributed by atoms with Gasteiger partial charge < -0.3 is 9.64 Å². The van der Waals surface area contributed by atoms with Crippen LogP contribution in [0.1, 0.15) is 54.4 Å². The SMILES string of the molecule is COC(=O)C(CC1CCCCC1)N1Cc2c(F)cccc2C1=O. The zero-order chi connectivity index (χ0) is 16.4. The van der Waals surface area contributed by atoms with Gasteiger partial charge in [0.05, 0.1) is 13.7 Å². The van der Waals surface area contributed by atoms with E-state index in [0.29, 0.717) is 23.5 Å². The van der Waals surface area contributed by atoms with Gasteiger partial charge in [0.2, 0.25) is 0 Å². The Morgan fingerprint density at radius 2 is 2.09 bits per heavy atom. The van der Waals surface area contributed by atoms with E-state index in [1.165, 1.54) is 43.4 Å². The summed E-state index contributed by atoms with van der Waals surface area (Å²) < 4.78 is 18.9. The van der Waals surface area contributed by atoms with Gasteiger partial charge in [-0.05, 0) is 24.5 Å². The largest absolute Gasteiger partial charge is 0.467 e. The lowest BCUT2D eigenvalue weighted by Gasteiger charge is -2.30. The van der Waals surface area contributed by atoms with Crippen molar-refractivity contribution in [3.63, 3.8) is 0 Å². The lowest BCUT2D eigenvalue weighted by molar-refractivity contribution is -0.146. The summed E-state index contributed by atoms with van der Waals surface area (Å²) >= 11 is 0. The van der Waals surface area contributed by atoms with E-state index in [2.05, 4.69) is 0 Å². The number of fused-ring (bicyclic) bond motifs is 1. The molecule has 4 nitrogen and oxygen atoms in total. The number of halogens is 1. The molecule has 1 amide bonds. The summed E-state index contributed by atoms with van der Waals surface area (Å²) in [6, 6.07) is 3.88. The van der Waals surface area contributed by atoms with Crippen LogP contribution in [0, 0.1) is 11.7 Å². The first-order chi connectivity index (χ1) is 11.1. The normalized spacial score (nSPS) is 19.6. The first kappa shape index (κ1) is 16.0. The molecule has 1 atom stereocenters. The second kappa shape index (κ2) is 6.69. The Bertz CT molecular complexity index is 610. The number of rotatable bonds is 4. The molecule has 1 aromatic rings. The van der Waals surface area contributed by atoms with E-state index < -0.39 is 12.0 Å². The number of methoxy groups -OCH3 is 1. The van der Waals surface area contributed by atoms with E-state index in [-0.39, 0.29) is 18.3 Å². The zero-order valence-electron chi connectivity index (χ0n) is 13.4. The van der Waals surface area contributed by atoms with Crippen LogP contribution >= 0.6 is 0 Å². The van der Waals surface area contributed by atoms with Crippen LogP contribution in [-0.4, -0.2) is 29.9 Å². The molecule has 1 aromatic carbocycles. The molecule has 0 bridgehead atoms. The van der Waals surface area contributed by atoms with Crippen LogP contribution < -0.4 is 0 Å². The third-order valence-corrected chi connectivity index (χ3v) is 5.07. The summed E-state index contributed by atoms with van der Waals surface area (Å²) in [4.78, 5) is 26.3. The first-order valence-corrected chi connectivity index (χ1v) is 8.28. The smallest absolute Gasteiger partial charge is 0.328 e. The predicted octanol–water partition coefficient (Wildman–Crippen LogP) is 3.29. The van der Waals surface area contributed by atoms with Crippen LogP contribution in [0.25, 0.3) is 0 Å². The van der Waals surface area contributed by atoms with E-state index in [0.717, 1.165) is 12.8 Å². The van der Waals surface area contributed by atoms with Gasteiger partial charge >= 0.3 is 5.97 Å². The second-order valence-corrected chi connectivity index (χ2v) is 6.48. The minimum Gasteiger partial charge on any atom is -0.467 e. The van der Waals surface area contributed by atoms with Gasteiger partial charge in [-0.3, -0.25) is 4.79 Å². The summed E-state index contributed by atoms with van der Waals surface area (Å²) in [5, 5.41) is 0. The summed E-state index contributed by atoms with van der Waals surface area (Å²) in [6.45, 7) is 0.146. The lowest BCUT2D eigenvalue weighted by Crippen LogP contribution is -2.43. The molecule has 0 aromatic heterocycles. The van der Waals surface area contributed by atoms with Gasteiger partial charge in [-0.15, -0.1) is 0 Å². The van der Waals surface area contributed by atoms with Crippen molar-refractivity contribution in [1.82, 2.24) is 4.90 Å². The van der Waals surface area contributed by atoms with Crippen molar-refractivity contribution >= 4 is 11.9 Å². The fourth-order valence-electron chi connectivity index (χ4n) is 3.79. The number of carbonyl (C=O) groups is 2. The van der Waals surface area contributed by atoms with Gasteiger partial charge in [0.15, 0.2) is 0 Å². The molecule has 5 heteroatoms. The van der Waals surface area contributed by atoms with E-state index in [4.69, 9.17) is 4.74 Å². The Morgan fingerprint density at radius 1 is 1.35 bits per heavy atom. The van der Waals surface area contributed by atoms with Crippen LogP contribution in [0.2, 0.25) is 0 Å². The van der Waals surface area contributed by atoms with Crippen molar-refractivity contribution in [2.75, 3.05) is 7.11 Å². The molecule has 124 valence electrons. The van der Waals surface area contributed by atoms with E-state index in [1.807, 2.05) is 0 Å². The summed E-state index contributed by atoms with van der Waals surface area (Å²) in [5.41, 5.74) is 0.748. The number of esters is 1. The third-order valence-electron chi connectivity index (χ3n) is 5.07. The zero-order valence-corrected chi connectivity index (χ0v) is 13.4. The van der Waals surface area contributed by atoms with Crippen molar-refractivity contribution in [3.8, 4) is 0 Å². The van der Waals surface area contributed by atoms with Crippen LogP contribution in [0.4, 0.5) is 4.39 Å². The number of hydrogen-bond acceptors (Lipinski definition) is 3. The highest BCUT2D eigenvalue weighted by molar-refractivity contribution is 6.00. The molecule has 23 heavy (non-hydrogen) atoms. The molecular weight excluding hydrogens is 297 g/mol. The Morgan fingerprint density at radius 3 is 2.74 bits per heavy atom. The molecule has 2 aliphatic rings. The number of carbonyl (C=O) groups excluding carboxylic acids is 2. The van der Waals surface area contributed by atoms with Gasteiger partial charge in [-0.1, -0.05) is 38.2 Å². The summed E-state index contributed by atoms with van der Waals surface area (Å²) in [6.07, 6.45) is 6.34. The molecule has 1 saturated carbocycles. The first-order valence-electron chi connectivity index (χ1n) is 8.28. The highest BCUT2D eigenvalue weighted by atomic mass is 19.1. The van der Waals surface area contributed by atoms with Gasteiger partial charge in [-0.2, -0.15) is 0 Å². The maximum Gasteiger partial charge on any atom is 0.328 e. The molecule has 3 rings (SSSR count). The fourth-order valence-corrected chi connectivity index (χ4v) is 3.79. The molecule has 1 heterocycles. The van der Waals surface area contributed by atoms with Crippen LogP contribution in [0.5, 0.6) is 0 Å². The van der Waals surface area contributed by atoms with Crippen molar-refractivity contribution < 1.29 is 18.7 Å². The highest BCUT2D eigenvalue weighted by Gasteiger charge is 2.39. The Kier molecular flexibility index (Phi) is 4.64. The van der Waals surface area contributed by atoms with Gasteiger partial charge in [0.25, 0.3) is 5.91 Å². The number of nitrogens with zero attached hydrogens (tertiary/aromatic N) is 1. The van der Waals surface area contributed by atoms with Crippen molar-refractivity contribution in [1.29, 1.82) is 0 Å². The van der Waals surface area contributed by atoms with Crippen LogP contribution in [0.3, 0.4) is 0 Å². The predicted molar refractivity (Wildman–Crippen MR) is 83.3 cm³/mol. The minimum atomic E-state index is -0.623. The van der Waals surface area contributed by atoms with Gasteiger partial charge in [0.1, 0.15) is 11.9 Å². The molecule has 0 N–H and O–H groups in total. The minimum absolute atomic E-state index is 0.146. The molecule has 0 spiro atoms. The number of benzene rings is 1. The molecular formula is C18H22FNO3. The third kappa shape index (κ3) is 3.09. The Balaban J connectivity index is 1.82. The standard InChI is InChI=1S/C18H22FNO3/c1-23-18(22)16(10-12-6-3-2-4-7-12)20-11-14-13(17(20)21)8-5-9-15(14)19/h5,8-9,12,16H,2-4,6-7,10-11H2,1H3. The van der Waals surface area contributed by atoms with Crippen molar-refractivity contribution in [2.24, 2.45) is 5.92 Å². The topological polar surface area (TPSA) is 46.6 Å². The van der Waals surface area contributed by atoms with Crippen molar-refractivity contribution in [3.05, 3.63) is 35.1 Å². The molecule has 1 aliphatic heterocycles. The van der Waals surface area contributed by atoms with Crippen molar-refractivity contribution in [2.45, 2.75) is 51.1 Å². The average molecular weight is 319 g/mol. The van der Waals surface area contributed by atoms with E-state index in [1.54, 1.807) is 6.07 Å². The van der Waals surface area contributed by atoms with E-state index >= 15 is 0 Å². The van der Waals surface area contributed by atoms with Gasteiger partial charge in [-0.25, -0.2) is 9.18 Å². The van der Waals surface area contributed by atoms with E-state index in [9.17, 15) is 14.0 Å². The number of amides is 1. The quantitative estimate of drug-likeness (QED) is 0.800. The Hall–Kier alpha value is -1.91. The summed E-state index contributed by atoms with van der Waals surface area (Å²) in [5.74, 6) is -0.642. The second-order valence-electron chi connectivity index (χ2n) is 6.48. The highest BCUT2D eigenvalue weighted by Crippen LogP contribution is 2.33. The monoisotopic (exact) mass is 319 g/mol. The molecule has 0 saturated heterocycles.